The molecule has 3 fully saturated rings. The Labute approximate surface area is 132 Å². The lowest BCUT2D eigenvalue weighted by Gasteiger charge is -2.46. The molecule has 22 heavy (non-hydrogen) atoms. The fourth-order valence-electron chi connectivity index (χ4n) is 4.17. The summed E-state index contributed by atoms with van der Waals surface area (Å²) in [6.45, 7) is 8.46. The van der Waals surface area contributed by atoms with Crippen LogP contribution in [0.3, 0.4) is 0 Å². The smallest absolute Gasteiger partial charge is 0.320 e. The molecule has 0 radical (unpaired) electrons. The summed E-state index contributed by atoms with van der Waals surface area (Å²) in [5.74, 6) is -0.708. The third-order valence-corrected chi connectivity index (χ3v) is 5.38. The van der Waals surface area contributed by atoms with Gasteiger partial charge in [-0.25, -0.2) is 0 Å². The summed E-state index contributed by atoms with van der Waals surface area (Å²) < 4.78 is 5.64. The van der Waals surface area contributed by atoms with Gasteiger partial charge in [0.05, 0.1) is 18.4 Å². The number of hydrogen-bond donors (Lipinski definition) is 2. The highest BCUT2D eigenvalue weighted by Gasteiger charge is 2.51. The van der Waals surface area contributed by atoms with E-state index in [9.17, 15) is 9.90 Å². The van der Waals surface area contributed by atoms with Gasteiger partial charge in [0, 0.05) is 19.2 Å². The van der Waals surface area contributed by atoms with E-state index in [0.717, 1.165) is 26.0 Å². The van der Waals surface area contributed by atoms with Crippen LogP contribution in [0.5, 0.6) is 0 Å². The molecule has 0 aromatic carbocycles. The van der Waals surface area contributed by atoms with Crippen LogP contribution in [0.4, 0.5) is 0 Å². The summed E-state index contributed by atoms with van der Waals surface area (Å²) in [4.78, 5) is 16.0. The van der Waals surface area contributed by atoms with E-state index in [4.69, 9.17) is 4.74 Å². The maximum Gasteiger partial charge on any atom is 0.320 e. The first-order valence-electron chi connectivity index (χ1n) is 8.37. The van der Waals surface area contributed by atoms with E-state index in [0.29, 0.717) is 18.6 Å². The number of carboxylic acids is 1. The number of nitrogens with zero attached hydrogens (tertiary/aromatic N) is 2. The summed E-state index contributed by atoms with van der Waals surface area (Å²) in [6.07, 6.45) is 3.43. The minimum Gasteiger partial charge on any atom is -0.480 e. The molecule has 0 aromatic heterocycles. The molecular weight excluding hydrogens is 282 g/mol. The van der Waals surface area contributed by atoms with E-state index < -0.39 is 5.97 Å². The lowest BCUT2D eigenvalue weighted by Crippen LogP contribution is -2.60. The van der Waals surface area contributed by atoms with Gasteiger partial charge in [0.15, 0.2) is 0 Å². The van der Waals surface area contributed by atoms with Crippen LogP contribution in [0.1, 0.15) is 40.0 Å². The second-order valence-corrected chi connectivity index (χ2v) is 8.03. The van der Waals surface area contributed by atoms with Crippen LogP contribution in [0.15, 0.2) is 0 Å². The number of nitrogens with one attached hydrogen (secondary N) is 1. The molecule has 126 valence electrons. The van der Waals surface area contributed by atoms with Crippen LogP contribution >= 0.6 is 0 Å². The average Bonchev–Trinajstić information content (AvgIpc) is 2.73. The largest absolute Gasteiger partial charge is 0.480 e. The Morgan fingerprint density at radius 3 is 2.50 bits per heavy atom. The number of carbonyl (C=O) groups is 1. The number of piperidine rings is 1. The van der Waals surface area contributed by atoms with E-state index >= 15 is 0 Å². The Morgan fingerprint density at radius 1 is 1.32 bits per heavy atom. The van der Waals surface area contributed by atoms with Crippen molar-refractivity contribution in [1.82, 2.24) is 15.1 Å². The SMILES string of the molecule is CN1C(C(=O)O)CCC2NC(C(C)(C)C)N(C[C@@H]3CCO3)C21. The van der Waals surface area contributed by atoms with Crippen molar-refractivity contribution in [2.75, 3.05) is 20.2 Å². The molecule has 2 N–H and O–H groups in total. The molecule has 3 aliphatic rings. The van der Waals surface area contributed by atoms with Crippen molar-refractivity contribution >= 4 is 5.97 Å². The van der Waals surface area contributed by atoms with Gasteiger partial charge in [0.25, 0.3) is 0 Å². The van der Waals surface area contributed by atoms with Gasteiger partial charge in [-0.1, -0.05) is 20.8 Å². The van der Waals surface area contributed by atoms with Crippen molar-refractivity contribution in [1.29, 1.82) is 0 Å². The molecule has 4 unspecified atom stereocenters. The monoisotopic (exact) mass is 311 g/mol. The Morgan fingerprint density at radius 2 is 2.00 bits per heavy atom. The first kappa shape index (κ1) is 16.2. The van der Waals surface area contributed by atoms with Crippen LogP contribution in [-0.2, 0) is 9.53 Å². The van der Waals surface area contributed by atoms with Gasteiger partial charge in [-0.2, -0.15) is 0 Å². The van der Waals surface area contributed by atoms with Crippen molar-refractivity contribution in [2.45, 2.75) is 70.6 Å². The van der Waals surface area contributed by atoms with Crippen LogP contribution in [0.25, 0.3) is 0 Å². The average molecular weight is 311 g/mol. The number of rotatable bonds is 3. The number of likely N-dealkylation sites (N-methyl/N-ethyl adjacent to an activating group) is 1. The van der Waals surface area contributed by atoms with E-state index in [2.05, 4.69) is 31.0 Å². The van der Waals surface area contributed by atoms with Gasteiger partial charge in [-0.3, -0.25) is 19.9 Å². The molecular formula is C16H29N3O3. The van der Waals surface area contributed by atoms with Crippen LogP contribution in [-0.4, -0.2) is 71.6 Å². The number of likely N-dealkylation sites (tertiary alicyclic amines) is 1. The molecule has 6 heteroatoms. The fraction of sp³-hybridized carbons (Fsp3) is 0.938. The van der Waals surface area contributed by atoms with Gasteiger partial charge >= 0.3 is 5.97 Å². The Balaban J connectivity index is 1.83. The number of hydrogen-bond acceptors (Lipinski definition) is 5. The van der Waals surface area contributed by atoms with Crippen molar-refractivity contribution in [3.05, 3.63) is 0 Å². The van der Waals surface area contributed by atoms with Gasteiger partial charge in [0.2, 0.25) is 0 Å². The van der Waals surface area contributed by atoms with Crippen molar-refractivity contribution in [2.24, 2.45) is 5.41 Å². The zero-order valence-corrected chi connectivity index (χ0v) is 14.1. The molecule has 0 aliphatic carbocycles. The van der Waals surface area contributed by atoms with E-state index in [1.807, 2.05) is 11.9 Å². The minimum absolute atomic E-state index is 0.0979. The Hall–Kier alpha value is -0.690. The number of ether oxygens (including phenoxy) is 1. The maximum absolute atomic E-state index is 11.5. The molecule has 6 nitrogen and oxygen atoms in total. The van der Waals surface area contributed by atoms with Gasteiger partial charge < -0.3 is 9.84 Å². The molecule has 3 saturated heterocycles. The molecule has 0 saturated carbocycles. The van der Waals surface area contributed by atoms with Crippen LogP contribution < -0.4 is 5.32 Å². The van der Waals surface area contributed by atoms with Gasteiger partial charge in [-0.15, -0.1) is 0 Å². The van der Waals surface area contributed by atoms with E-state index in [1.165, 1.54) is 0 Å². The topological polar surface area (TPSA) is 65.0 Å². The van der Waals surface area contributed by atoms with Crippen molar-refractivity contribution in [3.8, 4) is 0 Å². The molecule has 0 amide bonds. The first-order chi connectivity index (χ1) is 10.3. The normalized spacial score (nSPS) is 40.3. The predicted molar refractivity (Wildman–Crippen MR) is 83.4 cm³/mol. The molecule has 5 atom stereocenters. The predicted octanol–water partition coefficient (Wildman–Crippen LogP) is 0.926. The number of fused-ring (bicyclic) bond motifs is 1. The lowest BCUT2D eigenvalue weighted by molar-refractivity contribution is -0.149. The summed E-state index contributed by atoms with van der Waals surface area (Å²) in [5, 5.41) is 13.2. The number of aliphatic carboxylic acids is 1. The quantitative estimate of drug-likeness (QED) is 0.808. The Kier molecular flexibility index (Phi) is 4.22. The molecule has 0 aromatic rings. The summed E-state index contributed by atoms with van der Waals surface area (Å²) in [6, 6.07) is -0.0449. The maximum atomic E-state index is 11.5. The molecule has 0 spiro atoms. The van der Waals surface area contributed by atoms with E-state index in [1.54, 1.807) is 0 Å². The second kappa shape index (κ2) is 5.74. The summed E-state index contributed by atoms with van der Waals surface area (Å²) in [5.41, 5.74) is 0.0979. The highest BCUT2D eigenvalue weighted by Crippen LogP contribution is 2.37. The standard InChI is InChI=1S/C16H29N3O3/c1-16(2,3)15-17-11-5-6-12(14(20)21)18(4)13(11)19(15)9-10-7-8-22-10/h10-13,15,17H,5-9H2,1-4H3,(H,20,21)/t10-,11?,12?,13?,15?/m0/s1. The van der Waals surface area contributed by atoms with Crippen LogP contribution in [0, 0.1) is 5.41 Å². The van der Waals surface area contributed by atoms with Crippen molar-refractivity contribution < 1.29 is 14.6 Å². The van der Waals surface area contributed by atoms with Gasteiger partial charge in [-0.05, 0) is 31.7 Å². The molecule has 3 rings (SSSR count). The minimum atomic E-state index is -0.708. The van der Waals surface area contributed by atoms with Crippen LogP contribution in [0.2, 0.25) is 0 Å². The van der Waals surface area contributed by atoms with E-state index in [-0.39, 0.29) is 23.8 Å². The zero-order valence-electron chi connectivity index (χ0n) is 14.1. The van der Waals surface area contributed by atoms with Gasteiger partial charge in [0.1, 0.15) is 6.04 Å². The third-order valence-electron chi connectivity index (χ3n) is 5.38. The Bertz CT molecular complexity index is 433. The molecule has 3 aliphatic heterocycles. The third kappa shape index (κ3) is 2.77. The number of carboxylic acid groups (broad SMARTS) is 1. The zero-order chi connectivity index (χ0) is 16.1. The summed E-state index contributed by atoms with van der Waals surface area (Å²) in [7, 11) is 1.96. The molecule has 3 heterocycles. The fourth-order valence-corrected chi connectivity index (χ4v) is 4.17. The second-order valence-electron chi connectivity index (χ2n) is 8.03. The summed E-state index contributed by atoms with van der Waals surface area (Å²) >= 11 is 0. The lowest BCUT2D eigenvalue weighted by atomic mass is 9.91. The molecule has 0 bridgehead atoms. The highest BCUT2D eigenvalue weighted by molar-refractivity contribution is 5.73. The first-order valence-corrected chi connectivity index (χ1v) is 8.37. The van der Waals surface area contributed by atoms with Crippen molar-refractivity contribution in [3.63, 3.8) is 0 Å². The highest BCUT2D eigenvalue weighted by atomic mass is 16.5.